The van der Waals surface area contributed by atoms with Crippen molar-refractivity contribution in [2.45, 2.75) is 25.3 Å². The first-order valence-corrected chi connectivity index (χ1v) is 6.22. The van der Waals surface area contributed by atoms with Crippen LogP contribution in [0, 0.1) is 0 Å². The van der Waals surface area contributed by atoms with E-state index < -0.39 is 0 Å². The van der Waals surface area contributed by atoms with Crippen molar-refractivity contribution in [1.82, 2.24) is 10.3 Å². The molecule has 3 heteroatoms. The second-order valence-corrected chi connectivity index (χ2v) is 5.22. The van der Waals surface area contributed by atoms with Gasteiger partial charge in [0.2, 0.25) is 0 Å². The Kier molecular flexibility index (Phi) is 2.22. The largest absolute Gasteiger partial charge is 0.316 e. The Morgan fingerprint density at radius 3 is 3.07 bits per heavy atom. The summed E-state index contributed by atoms with van der Waals surface area (Å²) in [6.07, 6.45) is 2.67. The second kappa shape index (κ2) is 3.58. The standard InChI is InChI=1S/C12H14N2S/c1-13-7-8-2-5-11-10(6-8)14-12(15-11)9-3-4-9/h2,5-6,9,13H,3-4,7H2,1H3. The molecule has 1 saturated carbocycles. The van der Waals surface area contributed by atoms with Crippen LogP contribution < -0.4 is 5.32 Å². The van der Waals surface area contributed by atoms with Crippen molar-refractivity contribution >= 4 is 21.6 Å². The Hall–Kier alpha value is -0.930. The molecule has 0 bridgehead atoms. The molecule has 1 heterocycles. The average molecular weight is 218 g/mol. The van der Waals surface area contributed by atoms with E-state index in [2.05, 4.69) is 23.5 Å². The predicted molar refractivity (Wildman–Crippen MR) is 64.4 cm³/mol. The number of nitrogens with one attached hydrogen (secondary N) is 1. The van der Waals surface area contributed by atoms with Gasteiger partial charge in [0.25, 0.3) is 0 Å². The zero-order valence-electron chi connectivity index (χ0n) is 8.79. The van der Waals surface area contributed by atoms with Crippen LogP contribution in [0.25, 0.3) is 10.2 Å². The minimum atomic E-state index is 0.773. The normalized spacial score (nSPS) is 16.1. The van der Waals surface area contributed by atoms with Crippen molar-refractivity contribution in [3.8, 4) is 0 Å². The number of hydrogen-bond donors (Lipinski definition) is 1. The molecule has 0 amide bonds. The van der Waals surface area contributed by atoms with Gasteiger partial charge in [0, 0.05) is 12.5 Å². The summed E-state index contributed by atoms with van der Waals surface area (Å²) < 4.78 is 1.33. The molecule has 15 heavy (non-hydrogen) atoms. The quantitative estimate of drug-likeness (QED) is 0.857. The minimum Gasteiger partial charge on any atom is -0.316 e. The Bertz CT molecular complexity index is 485. The van der Waals surface area contributed by atoms with Crippen molar-refractivity contribution in [2.24, 2.45) is 0 Å². The third-order valence-electron chi connectivity index (χ3n) is 2.78. The van der Waals surface area contributed by atoms with Gasteiger partial charge in [0.1, 0.15) is 0 Å². The fourth-order valence-electron chi connectivity index (χ4n) is 1.81. The fraction of sp³-hybridized carbons (Fsp3) is 0.417. The van der Waals surface area contributed by atoms with E-state index in [-0.39, 0.29) is 0 Å². The summed E-state index contributed by atoms with van der Waals surface area (Å²) >= 11 is 1.86. The maximum atomic E-state index is 4.71. The Balaban J connectivity index is 2.02. The molecule has 0 aliphatic heterocycles. The van der Waals surface area contributed by atoms with Crippen molar-refractivity contribution < 1.29 is 0 Å². The third kappa shape index (κ3) is 1.77. The Morgan fingerprint density at radius 1 is 1.47 bits per heavy atom. The van der Waals surface area contributed by atoms with E-state index in [0.717, 1.165) is 12.5 Å². The van der Waals surface area contributed by atoms with Crippen LogP contribution in [0.3, 0.4) is 0 Å². The van der Waals surface area contributed by atoms with Crippen LogP contribution in [0.5, 0.6) is 0 Å². The van der Waals surface area contributed by atoms with Crippen LogP contribution in [0.4, 0.5) is 0 Å². The van der Waals surface area contributed by atoms with Gasteiger partial charge in [-0.2, -0.15) is 0 Å². The molecule has 0 radical (unpaired) electrons. The van der Waals surface area contributed by atoms with Gasteiger partial charge in [0.05, 0.1) is 15.2 Å². The summed E-state index contributed by atoms with van der Waals surface area (Å²) in [6.45, 7) is 0.923. The summed E-state index contributed by atoms with van der Waals surface area (Å²) in [5.41, 5.74) is 2.49. The molecule has 0 spiro atoms. The maximum Gasteiger partial charge on any atom is 0.0969 e. The average Bonchev–Trinajstić information content (AvgIpc) is 2.99. The molecule has 3 rings (SSSR count). The molecule has 1 fully saturated rings. The van der Waals surface area contributed by atoms with E-state index >= 15 is 0 Å². The molecule has 1 aromatic heterocycles. The lowest BCUT2D eigenvalue weighted by molar-refractivity contribution is 0.819. The fourth-order valence-corrected chi connectivity index (χ4v) is 2.93. The highest BCUT2D eigenvalue weighted by Crippen LogP contribution is 2.43. The summed E-state index contributed by atoms with van der Waals surface area (Å²) in [5, 5.41) is 4.51. The molecule has 2 nitrogen and oxygen atoms in total. The number of nitrogens with zero attached hydrogens (tertiary/aromatic N) is 1. The van der Waals surface area contributed by atoms with Gasteiger partial charge >= 0.3 is 0 Å². The molecule has 2 aromatic rings. The number of rotatable bonds is 3. The lowest BCUT2D eigenvalue weighted by Crippen LogP contribution is -2.04. The van der Waals surface area contributed by atoms with Crippen LogP contribution in [0.15, 0.2) is 18.2 Å². The number of benzene rings is 1. The molecule has 0 saturated heterocycles. The van der Waals surface area contributed by atoms with E-state index in [4.69, 9.17) is 4.98 Å². The smallest absolute Gasteiger partial charge is 0.0969 e. The first kappa shape index (κ1) is 9.31. The summed E-state index contributed by atoms with van der Waals surface area (Å²) in [5.74, 6) is 0.773. The first-order chi connectivity index (χ1) is 7.36. The Labute approximate surface area is 93.3 Å². The highest BCUT2D eigenvalue weighted by molar-refractivity contribution is 7.18. The van der Waals surface area contributed by atoms with E-state index in [1.54, 1.807) is 0 Å². The predicted octanol–water partition coefficient (Wildman–Crippen LogP) is 2.89. The van der Waals surface area contributed by atoms with Gasteiger partial charge in [-0.05, 0) is 37.6 Å². The molecule has 0 unspecified atom stereocenters. The van der Waals surface area contributed by atoms with Gasteiger partial charge in [-0.25, -0.2) is 4.98 Å². The minimum absolute atomic E-state index is 0.773. The highest BCUT2D eigenvalue weighted by atomic mass is 32.1. The van der Waals surface area contributed by atoms with Crippen molar-refractivity contribution in [1.29, 1.82) is 0 Å². The number of fused-ring (bicyclic) bond motifs is 1. The van der Waals surface area contributed by atoms with Gasteiger partial charge in [0.15, 0.2) is 0 Å². The number of thiazole rings is 1. The molecular formula is C12H14N2S. The SMILES string of the molecule is CNCc1ccc2sc(C3CC3)nc2c1. The van der Waals surface area contributed by atoms with Crippen molar-refractivity contribution in [2.75, 3.05) is 7.05 Å². The van der Waals surface area contributed by atoms with Gasteiger partial charge in [-0.3, -0.25) is 0 Å². The molecule has 78 valence electrons. The first-order valence-electron chi connectivity index (χ1n) is 5.41. The van der Waals surface area contributed by atoms with E-state index in [1.165, 1.54) is 33.6 Å². The highest BCUT2D eigenvalue weighted by Gasteiger charge is 2.26. The van der Waals surface area contributed by atoms with Gasteiger partial charge in [-0.15, -0.1) is 11.3 Å². The monoisotopic (exact) mass is 218 g/mol. The lowest BCUT2D eigenvalue weighted by Gasteiger charge is -1.98. The van der Waals surface area contributed by atoms with Crippen LogP contribution in [0.1, 0.15) is 29.3 Å². The molecular weight excluding hydrogens is 204 g/mol. The van der Waals surface area contributed by atoms with Gasteiger partial charge in [-0.1, -0.05) is 6.07 Å². The molecule has 1 N–H and O–H groups in total. The summed E-state index contributed by atoms with van der Waals surface area (Å²) in [7, 11) is 1.97. The molecule has 1 aromatic carbocycles. The van der Waals surface area contributed by atoms with E-state index in [9.17, 15) is 0 Å². The van der Waals surface area contributed by atoms with Gasteiger partial charge < -0.3 is 5.32 Å². The second-order valence-electron chi connectivity index (χ2n) is 4.16. The van der Waals surface area contributed by atoms with E-state index in [0.29, 0.717) is 0 Å². The van der Waals surface area contributed by atoms with Crippen molar-refractivity contribution in [3.05, 3.63) is 28.8 Å². The van der Waals surface area contributed by atoms with E-state index in [1.807, 2.05) is 18.4 Å². The zero-order chi connectivity index (χ0) is 10.3. The van der Waals surface area contributed by atoms with Crippen LogP contribution in [-0.2, 0) is 6.54 Å². The van der Waals surface area contributed by atoms with Crippen LogP contribution in [-0.4, -0.2) is 12.0 Å². The number of hydrogen-bond acceptors (Lipinski definition) is 3. The molecule has 1 aliphatic rings. The lowest BCUT2D eigenvalue weighted by atomic mass is 10.2. The topological polar surface area (TPSA) is 24.9 Å². The zero-order valence-corrected chi connectivity index (χ0v) is 9.60. The molecule has 0 atom stereocenters. The maximum absolute atomic E-state index is 4.71. The summed E-state index contributed by atoms with van der Waals surface area (Å²) in [4.78, 5) is 4.71. The third-order valence-corrected chi connectivity index (χ3v) is 3.97. The Morgan fingerprint density at radius 2 is 2.33 bits per heavy atom. The summed E-state index contributed by atoms with van der Waals surface area (Å²) in [6, 6.07) is 6.59. The molecule has 1 aliphatic carbocycles. The number of aromatic nitrogens is 1. The van der Waals surface area contributed by atoms with Crippen molar-refractivity contribution in [3.63, 3.8) is 0 Å². The van der Waals surface area contributed by atoms with Crippen LogP contribution in [0.2, 0.25) is 0 Å². The van der Waals surface area contributed by atoms with Crippen LogP contribution >= 0.6 is 11.3 Å².